The van der Waals surface area contributed by atoms with Crippen molar-refractivity contribution < 1.29 is 4.74 Å². The zero-order chi connectivity index (χ0) is 13.9. The average Bonchev–Trinajstić information content (AvgIpc) is 3.08. The molecule has 5 nitrogen and oxygen atoms in total. The molecule has 106 valence electrons. The monoisotopic (exact) mass is 356 g/mol. The van der Waals surface area contributed by atoms with Crippen LogP contribution < -0.4 is 5.32 Å². The van der Waals surface area contributed by atoms with Gasteiger partial charge in [-0.1, -0.05) is 11.6 Å². The zero-order valence-electron chi connectivity index (χ0n) is 10.6. The highest BCUT2D eigenvalue weighted by atomic mass is 79.9. The maximum absolute atomic E-state index is 6.15. The number of hydrogen-bond acceptors (Lipinski definition) is 4. The lowest BCUT2D eigenvalue weighted by Crippen LogP contribution is -2.18. The first-order valence-electron chi connectivity index (χ1n) is 6.39. The molecule has 0 radical (unpaired) electrons. The summed E-state index contributed by atoms with van der Waals surface area (Å²) in [4.78, 5) is 4.28. The summed E-state index contributed by atoms with van der Waals surface area (Å²) in [7, 11) is 0. The second-order valence-corrected chi connectivity index (χ2v) is 6.06. The molecule has 7 heteroatoms. The van der Waals surface area contributed by atoms with Crippen LogP contribution >= 0.6 is 27.5 Å². The molecule has 0 bridgehead atoms. The van der Waals surface area contributed by atoms with Crippen LogP contribution in [0.2, 0.25) is 5.02 Å². The van der Waals surface area contributed by atoms with E-state index in [4.69, 9.17) is 16.3 Å². The van der Waals surface area contributed by atoms with Crippen LogP contribution in [0.3, 0.4) is 0 Å². The van der Waals surface area contributed by atoms with Crippen LogP contribution in [0.5, 0.6) is 0 Å². The van der Waals surface area contributed by atoms with Crippen LogP contribution in [0, 0.1) is 5.92 Å². The first-order valence-corrected chi connectivity index (χ1v) is 7.56. The van der Waals surface area contributed by atoms with Crippen molar-refractivity contribution in [1.82, 2.24) is 15.2 Å². The Morgan fingerprint density at radius 1 is 1.50 bits per heavy atom. The van der Waals surface area contributed by atoms with Crippen molar-refractivity contribution in [2.45, 2.75) is 12.5 Å². The van der Waals surface area contributed by atoms with Gasteiger partial charge in [-0.05, 0) is 28.4 Å². The molecule has 0 unspecified atom stereocenters. The molecule has 2 N–H and O–H groups in total. The number of pyridine rings is 1. The van der Waals surface area contributed by atoms with Gasteiger partial charge >= 0.3 is 0 Å². The van der Waals surface area contributed by atoms with Gasteiger partial charge in [-0.3, -0.25) is 5.10 Å². The molecule has 2 atom stereocenters. The van der Waals surface area contributed by atoms with E-state index in [1.165, 1.54) is 0 Å². The highest BCUT2D eigenvalue weighted by Crippen LogP contribution is 2.34. The summed E-state index contributed by atoms with van der Waals surface area (Å²) in [5.74, 6) is 1.09. The van der Waals surface area contributed by atoms with Gasteiger partial charge in [0, 0.05) is 41.5 Å². The molecular formula is C13H14BrClN4O. The predicted molar refractivity (Wildman–Crippen MR) is 80.8 cm³/mol. The van der Waals surface area contributed by atoms with Crippen LogP contribution in [-0.4, -0.2) is 28.3 Å². The van der Waals surface area contributed by atoms with E-state index >= 15 is 0 Å². The first kappa shape index (κ1) is 13.9. The fourth-order valence-electron chi connectivity index (χ4n) is 2.40. The maximum Gasteiger partial charge on any atom is 0.144 e. The molecule has 3 heterocycles. The Hall–Kier alpha value is -1.11. The molecule has 0 saturated carbocycles. The minimum atomic E-state index is 0.0791. The van der Waals surface area contributed by atoms with Gasteiger partial charge < -0.3 is 10.1 Å². The summed E-state index contributed by atoms with van der Waals surface area (Å²) >= 11 is 9.49. The summed E-state index contributed by atoms with van der Waals surface area (Å²) in [6.07, 6.45) is 6.52. The number of nitrogens with one attached hydrogen (secondary N) is 2. The largest absolute Gasteiger partial charge is 0.373 e. The van der Waals surface area contributed by atoms with E-state index in [0.29, 0.717) is 16.8 Å². The Balaban J connectivity index is 1.65. The molecule has 0 spiro atoms. The minimum Gasteiger partial charge on any atom is -0.373 e. The third-order valence-corrected chi connectivity index (χ3v) is 4.12. The van der Waals surface area contributed by atoms with E-state index in [0.717, 1.165) is 29.6 Å². The smallest absolute Gasteiger partial charge is 0.144 e. The molecule has 0 amide bonds. The molecular weight excluding hydrogens is 344 g/mol. The van der Waals surface area contributed by atoms with Crippen LogP contribution in [-0.2, 0) is 4.74 Å². The lowest BCUT2D eigenvalue weighted by atomic mass is 9.97. The summed E-state index contributed by atoms with van der Waals surface area (Å²) < 4.78 is 6.66. The molecule has 1 aliphatic rings. The van der Waals surface area contributed by atoms with Crippen molar-refractivity contribution in [3.63, 3.8) is 0 Å². The SMILES string of the molecule is Clc1cc(Br)cnc1NC[C@H]1CCO[C@@H]1c1cn[nH]c1. The summed E-state index contributed by atoms with van der Waals surface area (Å²) in [6.45, 7) is 1.54. The summed E-state index contributed by atoms with van der Waals surface area (Å²) in [5.41, 5.74) is 1.09. The molecule has 0 aromatic carbocycles. The third-order valence-electron chi connectivity index (χ3n) is 3.40. The lowest BCUT2D eigenvalue weighted by Gasteiger charge is -2.18. The van der Waals surface area contributed by atoms with Gasteiger partial charge in [0.2, 0.25) is 0 Å². The fraction of sp³-hybridized carbons (Fsp3) is 0.385. The number of halogens is 2. The highest BCUT2D eigenvalue weighted by molar-refractivity contribution is 9.10. The fourth-order valence-corrected chi connectivity index (χ4v) is 3.10. The Bertz CT molecular complexity index is 578. The van der Waals surface area contributed by atoms with E-state index in [2.05, 4.69) is 36.4 Å². The quantitative estimate of drug-likeness (QED) is 0.880. The molecule has 2 aromatic rings. The molecule has 20 heavy (non-hydrogen) atoms. The third kappa shape index (κ3) is 2.97. The topological polar surface area (TPSA) is 62.8 Å². The van der Waals surface area contributed by atoms with Gasteiger partial charge in [0.15, 0.2) is 0 Å². The Labute approximate surface area is 130 Å². The Morgan fingerprint density at radius 2 is 2.40 bits per heavy atom. The Morgan fingerprint density at radius 3 is 3.15 bits per heavy atom. The van der Waals surface area contributed by atoms with Crippen LogP contribution in [0.15, 0.2) is 29.1 Å². The number of nitrogens with zero attached hydrogens (tertiary/aromatic N) is 2. The number of H-pyrrole nitrogens is 1. The van der Waals surface area contributed by atoms with Crippen molar-refractivity contribution in [1.29, 1.82) is 0 Å². The lowest BCUT2D eigenvalue weighted by molar-refractivity contribution is 0.0933. The van der Waals surface area contributed by atoms with E-state index < -0.39 is 0 Å². The Kier molecular flexibility index (Phi) is 4.24. The minimum absolute atomic E-state index is 0.0791. The maximum atomic E-state index is 6.15. The number of rotatable bonds is 4. The average molecular weight is 358 g/mol. The second-order valence-electron chi connectivity index (χ2n) is 4.74. The highest BCUT2D eigenvalue weighted by Gasteiger charge is 2.30. The number of aromatic amines is 1. The van der Waals surface area contributed by atoms with Gasteiger partial charge in [0.1, 0.15) is 5.82 Å². The van der Waals surface area contributed by atoms with Crippen molar-refractivity contribution in [2.75, 3.05) is 18.5 Å². The van der Waals surface area contributed by atoms with E-state index in [-0.39, 0.29) is 6.10 Å². The number of ether oxygens (including phenoxy) is 1. The molecule has 2 aromatic heterocycles. The van der Waals surface area contributed by atoms with Crippen molar-refractivity contribution in [2.24, 2.45) is 5.92 Å². The van der Waals surface area contributed by atoms with Crippen LogP contribution in [0.4, 0.5) is 5.82 Å². The van der Waals surface area contributed by atoms with E-state index in [1.54, 1.807) is 6.20 Å². The van der Waals surface area contributed by atoms with Crippen molar-refractivity contribution in [3.8, 4) is 0 Å². The van der Waals surface area contributed by atoms with Gasteiger partial charge in [-0.2, -0.15) is 5.10 Å². The number of anilines is 1. The van der Waals surface area contributed by atoms with Gasteiger partial charge in [0.05, 0.1) is 17.3 Å². The molecule has 1 fully saturated rings. The molecule has 1 aliphatic heterocycles. The summed E-state index contributed by atoms with van der Waals surface area (Å²) in [6, 6.07) is 1.83. The standard InChI is InChI=1S/C13H14BrClN4O/c14-10-3-11(15)13(17-7-10)16-4-8-1-2-20-12(8)9-5-18-19-6-9/h3,5-8,12H,1-2,4H2,(H,16,17)(H,18,19)/t8-,12+/m1/s1. The van der Waals surface area contributed by atoms with E-state index in [9.17, 15) is 0 Å². The second kappa shape index (κ2) is 6.11. The van der Waals surface area contributed by atoms with Crippen molar-refractivity contribution in [3.05, 3.63) is 39.7 Å². The van der Waals surface area contributed by atoms with Crippen LogP contribution in [0.1, 0.15) is 18.1 Å². The first-order chi connectivity index (χ1) is 9.74. The molecule has 1 saturated heterocycles. The normalized spacial score (nSPS) is 22.1. The molecule has 0 aliphatic carbocycles. The predicted octanol–water partition coefficient (Wildman–Crippen LogP) is 3.41. The van der Waals surface area contributed by atoms with Gasteiger partial charge in [-0.15, -0.1) is 0 Å². The van der Waals surface area contributed by atoms with Gasteiger partial charge in [0.25, 0.3) is 0 Å². The number of hydrogen-bond donors (Lipinski definition) is 2. The van der Waals surface area contributed by atoms with E-state index in [1.807, 2.05) is 18.5 Å². The van der Waals surface area contributed by atoms with Gasteiger partial charge in [-0.25, -0.2) is 4.98 Å². The number of aromatic nitrogens is 3. The van der Waals surface area contributed by atoms with Crippen LogP contribution in [0.25, 0.3) is 0 Å². The molecule has 3 rings (SSSR count). The zero-order valence-corrected chi connectivity index (χ0v) is 13.0. The van der Waals surface area contributed by atoms with Crippen molar-refractivity contribution >= 4 is 33.3 Å². The summed E-state index contributed by atoms with van der Waals surface area (Å²) in [5, 5.41) is 10.7.